The van der Waals surface area contributed by atoms with Crippen LogP contribution in [0.15, 0.2) is 48.5 Å². The van der Waals surface area contributed by atoms with E-state index >= 15 is 0 Å². The van der Waals surface area contributed by atoms with Crippen molar-refractivity contribution in [3.63, 3.8) is 0 Å². The first-order chi connectivity index (χ1) is 22.9. The molecule has 0 amide bonds. The van der Waals surface area contributed by atoms with Crippen molar-refractivity contribution in [3.8, 4) is 0 Å². The molecule has 4 aliphatic carbocycles. The van der Waals surface area contributed by atoms with Crippen LogP contribution in [-0.2, 0) is 97.4 Å². The fourth-order valence-electron chi connectivity index (χ4n) is 7.49. The molecule has 4 aromatic carbocycles. The van der Waals surface area contributed by atoms with Crippen molar-refractivity contribution >= 4 is 35.8 Å². The van der Waals surface area contributed by atoms with Crippen LogP contribution in [0.2, 0.25) is 26.2 Å². The van der Waals surface area contributed by atoms with Gasteiger partial charge < -0.3 is 0 Å². The van der Waals surface area contributed by atoms with Crippen LogP contribution in [0.1, 0.15) is 118 Å². The van der Waals surface area contributed by atoms with E-state index in [1.807, 2.05) is 0 Å². The molecule has 0 atom stereocenters. The summed E-state index contributed by atoms with van der Waals surface area (Å²) in [6.07, 6.45) is 21.8. The maximum Gasteiger partial charge on any atom is -0.0512 e. The van der Waals surface area contributed by atoms with E-state index < -0.39 is 0 Å². The molecular weight excluding hydrogens is 1010 g/mol. The van der Waals surface area contributed by atoms with Crippen LogP contribution in [-0.4, -0.2) is 11.0 Å². The molecule has 0 saturated carbocycles. The maximum absolute atomic E-state index is 2.34. The van der Waals surface area contributed by atoms with Gasteiger partial charge in [0.2, 0.25) is 0 Å². The van der Waals surface area contributed by atoms with Gasteiger partial charge >= 0.3 is 83.2 Å². The monoisotopic (exact) mass is 1080 g/mol. The van der Waals surface area contributed by atoms with E-state index in [4.69, 9.17) is 0 Å². The quantitative estimate of drug-likeness (QED) is 0.122. The third-order valence-electron chi connectivity index (χ3n) is 9.43. The summed E-state index contributed by atoms with van der Waals surface area (Å²) in [5.74, 6) is 0. The number of fused-ring (bicyclic) bond motifs is 4. The van der Waals surface area contributed by atoms with E-state index in [-0.39, 0.29) is 35.8 Å². The Bertz CT molecular complexity index is 1240. The van der Waals surface area contributed by atoms with Crippen LogP contribution < -0.4 is 0 Å². The number of rotatable bonds is 0. The summed E-state index contributed by atoms with van der Waals surface area (Å²) in [6.45, 7) is 18.1. The van der Waals surface area contributed by atoms with Crippen LogP contribution >= 0.6 is 24.8 Å². The van der Waals surface area contributed by atoms with Gasteiger partial charge in [-0.15, -0.1) is 24.8 Å². The molecule has 272 valence electrons. The van der Waals surface area contributed by atoms with Crippen molar-refractivity contribution in [2.45, 2.75) is 157 Å². The molecule has 4 aliphatic rings. The van der Waals surface area contributed by atoms with E-state index in [0.29, 0.717) is 0 Å². The van der Waals surface area contributed by atoms with Gasteiger partial charge in [0.05, 0.1) is 0 Å². The molecule has 0 bridgehead atoms. The molecule has 0 saturated heterocycles. The van der Waals surface area contributed by atoms with E-state index in [1.54, 1.807) is 44.5 Å². The summed E-state index contributed by atoms with van der Waals surface area (Å²) < 4.78 is 0. The van der Waals surface area contributed by atoms with Crippen LogP contribution in [0, 0.1) is 27.7 Å². The smallest absolute Gasteiger partial charge is 0.0512 e. The van der Waals surface area contributed by atoms with Crippen molar-refractivity contribution in [1.29, 1.82) is 0 Å². The second-order valence-electron chi connectivity index (χ2n) is 15.2. The molecule has 0 fully saturated rings. The summed E-state index contributed by atoms with van der Waals surface area (Å²) in [5, 5.41) is 0. The normalized spacial score (nSPS) is 14.6. The summed E-state index contributed by atoms with van der Waals surface area (Å²) in [5.41, 5.74) is 19.2. The van der Waals surface area contributed by atoms with E-state index in [9.17, 15) is 0 Å². The Morgan fingerprint density at radius 1 is 0.380 bits per heavy atom. The van der Waals surface area contributed by atoms with Gasteiger partial charge in [-0.25, -0.2) is 24.3 Å². The predicted octanol–water partition coefficient (Wildman–Crippen LogP) is 12.8. The van der Waals surface area contributed by atoms with Crippen molar-refractivity contribution in [2.24, 2.45) is 0 Å². The first-order valence-electron chi connectivity index (χ1n) is 18.9. The number of halogens is 2. The Kier molecular flexibility index (Phi) is 25.1. The van der Waals surface area contributed by atoms with E-state index in [0.717, 1.165) is 0 Å². The summed E-state index contributed by atoms with van der Waals surface area (Å²) in [7, 11) is 0. The zero-order chi connectivity index (χ0) is 35.1. The SMILES string of the molecule is C[Si](C)=[Hf+2].C[Si](C)=[Hf+2].Cc1cc2c([cH-]1)CCCC2.Cc1cc2c([cH-]1)CCCC2.Cc1cc2c([cH-]1)CCCC2.Cc1cc2c([cH-]1)CCCC2.Cl.Cl. The van der Waals surface area contributed by atoms with Crippen molar-refractivity contribution in [3.05, 3.63) is 115 Å². The standard InChI is InChI=1S/4C10H13.2C2H6Si.2ClH.2Hf/c4*1-8-6-9-4-2-3-5-10(9)7-8;2*1-3-2;;;;/h4*6-7H,2-5H2,1H3;2*1-2H3;2*1H;;/q4*-1;;;;;2*+2. The van der Waals surface area contributed by atoms with Gasteiger partial charge in [0.25, 0.3) is 0 Å². The Morgan fingerprint density at radius 3 is 0.700 bits per heavy atom. The zero-order valence-corrected chi connectivity index (χ0v) is 43.6. The number of hydrogen-bond donors (Lipinski definition) is 0. The number of aryl methyl sites for hydroxylation is 12. The van der Waals surface area contributed by atoms with Gasteiger partial charge in [0.1, 0.15) is 0 Å². The molecule has 50 heavy (non-hydrogen) atoms. The third kappa shape index (κ3) is 18.5. The molecule has 8 rings (SSSR count). The van der Waals surface area contributed by atoms with Gasteiger partial charge in [0, 0.05) is 0 Å². The van der Waals surface area contributed by atoms with Crippen LogP contribution in [0.5, 0.6) is 0 Å². The molecule has 0 heterocycles. The first kappa shape index (κ1) is 48.2. The average molecular weight is 1080 g/mol. The van der Waals surface area contributed by atoms with Gasteiger partial charge in [-0.1, -0.05) is 130 Å². The number of hydrogen-bond acceptors (Lipinski definition) is 0. The molecule has 0 aliphatic heterocycles. The summed E-state index contributed by atoms with van der Waals surface area (Å²) >= 11 is 2.90. The molecule has 0 aromatic heterocycles. The zero-order valence-electron chi connectivity index (χ0n) is 32.7. The van der Waals surface area contributed by atoms with Crippen LogP contribution in [0.4, 0.5) is 0 Å². The predicted molar refractivity (Wildman–Crippen MR) is 223 cm³/mol. The van der Waals surface area contributed by atoms with Crippen molar-refractivity contribution in [1.82, 2.24) is 0 Å². The molecule has 0 nitrogen and oxygen atoms in total. The molecule has 0 spiro atoms. The minimum absolute atomic E-state index is 0. The minimum Gasteiger partial charge on any atom is -0.207 e. The van der Waals surface area contributed by atoms with E-state index in [1.165, 1.54) is 171 Å². The molecule has 6 heteroatoms. The second-order valence-corrected chi connectivity index (χ2v) is 40.7. The minimum atomic E-state index is 0. The van der Waals surface area contributed by atoms with Crippen molar-refractivity contribution < 1.29 is 46.0 Å². The molecule has 0 N–H and O–H groups in total. The Labute approximate surface area is 350 Å². The fourth-order valence-corrected chi connectivity index (χ4v) is 7.49. The third-order valence-corrected chi connectivity index (χ3v) is 9.43. The molecular formula is C44H66Cl2Hf2Si2. The van der Waals surface area contributed by atoms with Gasteiger partial charge in [-0.3, -0.25) is 0 Å². The van der Waals surface area contributed by atoms with Crippen molar-refractivity contribution in [2.75, 3.05) is 0 Å². The molecule has 0 radical (unpaired) electrons. The molecule has 0 unspecified atom stereocenters. The Morgan fingerprint density at radius 2 is 0.540 bits per heavy atom. The summed E-state index contributed by atoms with van der Waals surface area (Å²) in [4.78, 5) is 0. The summed E-state index contributed by atoms with van der Waals surface area (Å²) in [6, 6.07) is 18.7. The Balaban J connectivity index is 0.000000308. The second kappa shape index (κ2) is 26.0. The van der Waals surface area contributed by atoms with Crippen LogP contribution in [0.25, 0.3) is 0 Å². The van der Waals surface area contributed by atoms with E-state index in [2.05, 4.69) is 102 Å². The molecule has 4 aromatic rings. The largest absolute Gasteiger partial charge is 0.207 e. The van der Waals surface area contributed by atoms with Gasteiger partial charge in [-0.2, -0.15) is 91.0 Å². The van der Waals surface area contributed by atoms with Crippen LogP contribution in [0.3, 0.4) is 0 Å². The first-order valence-corrected chi connectivity index (χ1v) is 34.7. The maximum atomic E-state index is 2.34. The van der Waals surface area contributed by atoms with Gasteiger partial charge in [-0.05, 0) is 0 Å². The average Bonchev–Trinajstić information content (AvgIpc) is 3.79. The Hall–Kier alpha value is 0.154. The van der Waals surface area contributed by atoms with Gasteiger partial charge in [0.15, 0.2) is 0 Å². The fraction of sp³-hybridized carbons (Fsp3) is 0.545. The topological polar surface area (TPSA) is 0 Å².